The van der Waals surface area contributed by atoms with Gasteiger partial charge in [0.2, 0.25) is 0 Å². The van der Waals surface area contributed by atoms with Crippen molar-refractivity contribution in [2.45, 2.75) is 205 Å². The molecule has 1 aliphatic heterocycles. The first kappa shape index (κ1) is 54.2. The molecule has 1 rings (SSSR count). The van der Waals surface area contributed by atoms with E-state index in [1.165, 1.54) is 64.2 Å². The van der Waals surface area contributed by atoms with Gasteiger partial charge in [-0.25, -0.2) is 0 Å². The van der Waals surface area contributed by atoms with E-state index in [4.69, 9.17) is 18.9 Å². The molecular formula is C49H82O10. The Kier molecular flexibility index (Phi) is 36.1. The van der Waals surface area contributed by atoms with Crippen molar-refractivity contribution >= 4 is 11.9 Å². The SMILES string of the molecule is CCCCC/C=C/C/C=C/C/C=C/C/C=C/CCCC(=O)OC[C@@H](CO[C@H]1O[C@@H](CO)[C@@H](O)C(O)C1O)OC(=O)CCCCCCCCC/C=C/C/C=C/CCCCC. The van der Waals surface area contributed by atoms with Crippen LogP contribution in [0.2, 0.25) is 0 Å². The van der Waals surface area contributed by atoms with Gasteiger partial charge in [0.1, 0.15) is 31.0 Å². The van der Waals surface area contributed by atoms with E-state index < -0.39 is 55.4 Å². The van der Waals surface area contributed by atoms with Crippen LogP contribution in [-0.2, 0) is 28.5 Å². The van der Waals surface area contributed by atoms with Crippen molar-refractivity contribution in [1.82, 2.24) is 0 Å². The number of hydrogen-bond acceptors (Lipinski definition) is 10. The third-order valence-electron chi connectivity index (χ3n) is 10.1. The fourth-order valence-corrected chi connectivity index (χ4v) is 6.39. The van der Waals surface area contributed by atoms with Crippen LogP contribution in [0, 0.1) is 0 Å². The summed E-state index contributed by atoms with van der Waals surface area (Å²) in [5.74, 6) is -0.886. The lowest BCUT2D eigenvalue weighted by Gasteiger charge is -2.39. The minimum Gasteiger partial charge on any atom is -0.462 e. The second kappa shape index (κ2) is 39.3. The molecule has 1 fully saturated rings. The van der Waals surface area contributed by atoms with E-state index in [9.17, 15) is 30.0 Å². The maximum Gasteiger partial charge on any atom is 0.306 e. The molecule has 0 spiro atoms. The molecule has 0 aromatic rings. The molecule has 10 nitrogen and oxygen atoms in total. The van der Waals surface area contributed by atoms with Crippen LogP contribution in [0.5, 0.6) is 0 Å². The summed E-state index contributed by atoms with van der Waals surface area (Å²) in [5, 5.41) is 40.1. The zero-order chi connectivity index (χ0) is 43.0. The molecule has 0 radical (unpaired) electrons. The number of aliphatic hydroxyl groups excluding tert-OH is 4. The third-order valence-corrected chi connectivity index (χ3v) is 10.1. The van der Waals surface area contributed by atoms with E-state index in [2.05, 4.69) is 80.7 Å². The maximum atomic E-state index is 12.8. The van der Waals surface area contributed by atoms with Gasteiger partial charge in [0, 0.05) is 12.8 Å². The number of aliphatic hydroxyl groups is 4. The normalized spacial score (nSPS) is 20.7. The van der Waals surface area contributed by atoms with Gasteiger partial charge in [-0.2, -0.15) is 0 Å². The van der Waals surface area contributed by atoms with Gasteiger partial charge in [0.25, 0.3) is 0 Å². The summed E-state index contributed by atoms with van der Waals surface area (Å²) >= 11 is 0. The van der Waals surface area contributed by atoms with Crippen molar-refractivity contribution in [3.63, 3.8) is 0 Å². The van der Waals surface area contributed by atoms with Crippen LogP contribution >= 0.6 is 0 Å². The van der Waals surface area contributed by atoms with Crippen molar-refractivity contribution in [3.8, 4) is 0 Å². The first-order valence-corrected chi connectivity index (χ1v) is 23.0. The largest absolute Gasteiger partial charge is 0.462 e. The molecule has 6 atom stereocenters. The van der Waals surface area contributed by atoms with Gasteiger partial charge in [-0.3, -0.25) is 9.59 Å². The minimum absolute atomic E-state index is 0.194. The van der Waals surface area contributed by atoms with Crippen LogP contribution in [0.25, 0.3) is 0 Å². The van der Waals surface area contributed by atoms with E-state index in [1.54, 1.807) is 0 Å². The van der Waals surface area contributed by atoms with Crippen molar-refractivity contribution in [2.75, 3.05) is 19.8 Å². The average Bonchev–Trinajstić information content (AvgIpc) is 3.23. The molecule has 0 saturated carbocycles. The van der Waals surface area contributed by atoms with Crippen molar-refractivity contribution in [2.24, 2.45) is 0 Å². The summed E-state index contributed by atoms with van der Waals surface area (Å²) in [4.78, 5) is 25.3. The smallest absolute Gasteiger partial charge is 0.306 e. The summed E-state index contributed by atoms with van der Waals surface area (Å²) in [5.41, 5.74) is 0. The Bertz CT molecular complexity index is 1190. The van der Waals surface area contributed by atoms with Gasteiger partial charge in [0.05, 0.1) is 13.2 Å². The van der Waals surface area contributed by atoms with Gasteiger partial charge in [-0.05, 0) is 83.5 Å². The molecule has 1 aliphatic rings. The number of carbonyl (C=O) groups is 2. The molecule has 0 aromatic carbocycles. The molecule has 4 N–H and O–H groups in total. The van der Waals surface area contributed by atoms with Crippen molar-refractivity contribution in [3.05, 3.63) is 72.9 Å². The molecule has 0 aliphatic carbocycles. The number of rotatable bonds is 37. The fraction of sp³-hybridized carbons (Fsp3) is 0.714. The fourth-order valence-electron chi connectivity index (χ4n) is 6.39. The zero-order valence-electron chi connectivity index (χ0n) is 36.7. The predicted molar refractivity (Wildman–Crippen MR) is 238 cm³/mol. The summed E-state index contributed by atoms with van der Waals surface area (Å²) in [6.07, 6.45) is 41.9. The molecule has 0 bridgehead atoms. The summed E-state index contributed by atoms with van der Waals surface area (Å²) in [6, 6.07) is 0. The highest BCUT2D eigenvalue weighted by Gasteiger charge is 2.44. The molecule has 0 aromatic heterocycles. The van der Waals surface area contributed by atoms with Crippen LogP contribution in [0.15, 0.2) is 72.9 Å². The second-order valence-corrected chi connectivity index (χ2v) is 15.5. The molecule has 59 heavy (non-hydrogen) atoms. The summed E-state index contributed by atoms with van der Waals surface area (Å²) < 4.78 is 22.1. The highest BCUT2D eigenvalue weighted by Crippen LogP contribution is 2.22. The number of ether oxygens (including phenoxy) is 4. The summed E-state index contributed by atoms with van der Waals surface area (Å²) in [7, 11) is 0. The van der Waals surface area contributed by atoms with Crippen molar-refractivity contribution < 1.29 is 49.0 Å². The highest BCUT2D eigenvalue weighted by atomic mass is 16.7. The van der Waals surface area contributed by atoms with Gasteiger partial charge < -0.3 is 39.4 Å². The number of carbonyl (C=O) groups excluding carboxylic acids is 2. The molecule has 0 amide bonds. The van der Waals surface area contributed by atoms with E-state index in [0.717, 1.165) is 64.2 Å². The van der Waals surface area contributed by atoms with Crippen LogP contribution in [0.4, 0.5) is 0 Å². The van der Waals surface area contributed by atoms with Gasteiger partial charge in [0.15, 0.2) is 12.4 Å². The highest BCUT2D eigenvalue weighted by molar-refractivity contribution is 5.70. The van der Waals surface area contributed by atoms with Crippen molar-refractivity contribution in [1.29, 1.82) is 0 Å². The molecule has 1 heterocycles. The molecule has 338 valence electrons. The Hall–Kier alpha value is -2.86. The molecular weight excluding hydrogens is 749 g/mol. The van der Waals surface area contributed by atoms with Gasteiger partial charge in [-0.15, -0.1) is 0 Å². The van der Waals surface area contributed by atoms with E-state index in [-0.39, 0.29) is 26.1 Å². The van der Waals surface area contributed by atoms with E-state index in [1.807, 2.05) is 6.08 Å². The van der Waals surface area contributed by atoms with Crippen LogP contribution in [0.1, 0.15) is 168 Å². The second-order valence-electron chi connectivity index (χ2n) is 15.5. The lowest BCUT2D eigenvalue weighted by atomic mass is 9.99. The predicted octanol–water partition coefficient (Wildman–Crippen LogP) is 10.00. The molecule has 1 saturated heterocycles. The summed E-state index contributed by atoms with van der Waals surface area (Å²) in [6.45, 7) is 3.30. The zero-order valence-corrected chi connectivity index (χ0v) is 36.7. The lowest BCUT2D eigenvalue weighted by Crippen LogP contribution is -2.59. The van der Waals surface area contributed by atoms with Gasteiger partial charge in [-0.1, -0.05) is 145 Å². The Morgan fingerprint density at radius 2 is 0.966 bits per heavy atom. The minimum atomic E-state index is -1.61. The molecule has 10 heteroatoms. The maximum absolute atomic E-state index is 12.8. The Morgan fingerprint density at radius 1 is 0.525 bits per heavy atom. The van der Waals surface area contributed by atoms with E-state index in [0.29, 0.717) is 12.8 Å². The topological polar surface area (TPSA) is 152 Å². The number of allylic oxidation sites excluding steroid dienone is 12. The van der Waals surface area contributed by atoms with E-state index >= 15 is 0 Å². The molecule has 2 unspecified atom stereocenters. The average molecular weight is 831 g/mol. The standard InChI is InChI=1S/C49H82O10/c1-3-5-7-9-11-13-15-17-19-21-23-25-27-29-31-33-35-37-44(51)56-40-42(41-57-49-48(55)47(54)46(53)43(39-50)59-49)58-45(52)38-36-34-32-30-28-26-24-22-20-18-16-14-12-10-8-6-4-2/h11-14,17-20,23,25,29,31,42-43,46-50,53-55H,3-10,15-16,21-22,24,26-28,30,32-41H2,1-2H3/b13-11+,14-12+,19-17+,20-18+,25-23+,31-29+/t42-,43-,46+,47?,48?,49-/m0/s1. The van der Waals surface area contributed by atoms with Crippen LogP contribution < -0.4 is 0 Å². The lowest BCUT2D eigenvalue weighted by molar-refractivity contribution is -0.305. The Morgan fingerprint density at radius 3 is 1.47 bits per heavy atom. The number of esters is 2. The Balaban J connectivity index is 2.38. The van der Waals surface area contributed by atoms with Crippen LogP contribution in [0.3, 0.4) is 0 Å². The van der Waals surface area contributed by atoms with Gasteiger partial charge >= 0.3 is 11.9 Å². The number of hydrogen-bond donors (Lipinski definition) is 4. The monoisotopic (exact) mass is 831 g/mol. The van der Waals surface area contributed by atoms with Crippen LogP contribution in [-0.4, -0.2) is 89.0 Å². The first-order chi connectivity index (χ1) is 28.8. The first-order valence-electron chi connectivity index (χ1n) is 23.0. The quantitative estimate of drug-likeness (QED) is 0.0271. The number of unbranched alkanes of at least 4 members (excludes halogenated alkanes) is 14. The Labute approximate surface area is 357 Å². The third kappa shape index (κ3) is 30.8.